The van der Waals surface area contributed by atoms with E-state index in [1.54, 1.807) is 0 Å². The summed E-state index contributed by atoms with van der Waals surface area (Å²) in [6.07, 6.45) is 0. The molecule has 0 radical (unpaired) electrons. The van der Waals surface area contributed by atoms with Gasteiger partial charge in [0, 0.05) is 4.47 Å². The molecule has 2 aromatic rings. The molecule has 2 rings (SSSR count). The van der Waals surface area contributed by atoms with E-state index in [0.29, 0.717) is 5.92 Å². The number of benzene rings is 2. The first kappa shape index (κ1) is 14.3. The Morgan fingerprint density at radius 3 is 2.00 bits per heavy atom. The topological polar surface area (TPSA) is 12.0 Å². The summed E-state index contributed by atoms with van der Waals surface area (Å²) in [4.78, 5) is 0. The van der Waals surface area contributed by atoms with E-state index in [-0.39, 0.29) is 6.04 Å². The van der Waals surface area contributed by atoms with Crippen LogP contribution in [0.15, 0.2) is 53.0 Å². The normalized spacial score (nSPS) is 12.7. The van der Waals surface area contributed by atoms with Gasteiger partial charge in [0.2, 0.25) is 0 Å². The summed E-state index contributed by atoms with van der Waals surface area (Å²) in [7, 11) is 2.00. The molecule has 0 saturated heterocycles. The van der Waals surface area contributed by atoms with Gasteiger partial charge in [-0.3, -0.25) is 0 Å². The summed E-state index contributed by atoms with van der Waals surface area (Å²) in [5.74, 6) is 0.575. The van der Waals surface area contributed by atoms with E-state index >= 15 is 0 Å². The second-order valence-corrected chi connectivity index (χ2v) is 5.92. The largest absolute Gasteiger partial charge is 0.309 e. The Hall–Kier alpha value is -1.12. The molecule has 2 heteroatoms. The number of halogens is 1. The first-order valence-corrected chi connectivity index (χ1v) is 7.44. The van der Waals surface area contributed by atoms with Crippen molar-refractivity contribution in [2.24, 2.45) is 0 Å². The molecule has 2 aromatic carbocycles. The Kier molecular flexibility index (Phi) is 4.78. The van der Waals surface area contributed by atoms with Gasteiger partial charge in [-0.15, -0.1) is 0 Å². The summed E-state index contributed by atoms with van der Waals surface area (Å²) in [6, 6.07) is 17.5. The van der Waals surface area contributed by atoms with Crippen LogP contribution in [0.5, 0.6) is 0 Å². The molecule has 0 aliphatic heterocycles. The monoisotopic (exact) mass is 317 g/mol. The van der Waals surface area contributed by atoms with Crippen molar-refractivity contribution in [1.29, 1.82) is 0 Å². The number of nitrogens with one attached hydrogen (secondary N) is 1. The Morgan fingerprint density at radius 1 is 0.895 bits per heavy atom. The fraction of sp³-hybridized carbons (Fsp3) is 0.294. The molecule has 0 fully saturated rings. The molecule has 0 aliphatic rings. The Morgan fingerprint density at radius 2 is 1.47 bits per heavy atom. The zero-order valence-electron chi connectivity index (χ0n) is 11.7. The van der Waals surface area contributed by atoms with E-state index in [0.717, 1.165) is 4.47 Å². The summed E-state index contributed by atoms with van der Waals surface area (Å²) >= 11 is 3.63. The molecule has 0 spiro atoms. The van der Waals surface area contributed by atoms with E-state index in [1.807, 2.05) is 13.1 Å². The van der Waals surface area contributed by atoms with E-state index in [1.165, 1.54) is 16.7 Å². The van der Waals surface area contributed by atoms with Crippen molar-refractivity contribution in [2.45, 2.75) is 25.8 Å². The lowest BCUT2D eigenvalue weighted by Gasteiger charge is -2.19. The van der Waals surface area contributed by atoms with Crippen LogP contribution < -0.4 is 5.32 Å². The highest BCUT2D eigenvalue weighted by atomic mass is 79.9. The second kappa shape index (κ2) is 6.36. The summed E-state index contributed by atoms with van der Waals surface area (Å²) in [6.45, 7) is 4.44. The Balaban J connectivity index is 2.35. The van der Waals surface area contributed by atoms with Crippen LogP contribution >= 0.6 is 15.9 Å². The van der Waals surface area contributed by atoms with Crippen LogP contribution in [0.2, 0.25) is 0 Å². The zero-order chi connectivity index (χ0) is 13.8. The van der Waals surface area contributed by atoms with Crippen molar-refractivity contribution in [3.8, 4) is 0 Å². The molecule has 0 bridgehead atoms. The Bertz CT molecular complexity index is 531. The third kappa shape index (κ3) is 3.26. The third-order valence-electron chi connectivity index (χ3n) is 3.44. The average Bonchev–Trinajstić information content (AvgIpc) is 2.42. The van der Waals surface area contributed by atoms with Gasteiger partial charge in [-0.2, -0.15) is 0 Å². The highest BCUT2D eigenvalue weighted by molar-refractivity contribution is 9.10. The first-order valence-electron chi connectivity index (χ1n) is 6.65. The van der Waals surface area contributed by atoms with Crippen molar-refractivity contribution in [3.05, 3.63) is 69.7 Å². The summed E-state index contributed by atoms with van der Waals surface area (Å²) in [5.41, 5.74) is 3.94. The van der Waals surface area contributed by atoms with Gasteiger partial charge in [-0.25, -0.2) is 0 Å². The molecule has 0 amide bonds. The quantitative estimate of drug-likeness (QED) is 0.847. The minimum atomic E-state index is 0.219. The second-order valence-electron chi connectivity index (χ2n) is 5.06. The number of hydrogen-bond donors (Lipinski definition) is 1. The van der Waals surface area contributed by atoms with Gasteiger partial charge in [0.1, 0.15) is 0 Å². The molecule has 1 unspecified atom stereocenters. The fourth-order valence-corrected chi connectivity index (χ4v) is 2.80. The van der Waals surface area contributed by atoms with Gasteiger partial charge in [0.05, 0.1) is 6.04 Å². The minimum absolute atomic E-state index is 0.219. The minimum Gasteiger partial charge on any atom is -0.309 e. The zero-order valence-corrected chi connectivity index (χ0v) is 13.2. The van der Waals surface area contributed by atoms with Gasteiger partial charge in [-0.1, -0.05) is 72.2 Å². The van der Waals surface area contributed by atoms with Gasteiger partial charge >= 0.3 is 0 Å². The molecule has 0 aliphatic carbocycles. The van der Waals surface area contributed by atoms with Crippen molar-refractivity contribution < 1.29 is 0 Å². The molecule has 100 valence electrons. The van der Waals surface area contributed by atoms with Crippen LogP contribution in [-0.2, 0) is 0 Å². The van der Waals surface area contributed by atoms with Crippen LogP contribution in [0, 0.1) is 0 Å². The smallest absolute Gasteiger partial charge is 0.0585 e. The molecular weight excluding hydrogens is 298 g/mol. The molecule has 1 N–H and O–H groups in total. The lowest BCUT2D eigenvalue weighted by molar-refractivity contribution is 0.688. The van der Waals surface area contributed by atoms with Gasteiger partial charge in [0.15, 0.2) is 0 Å². The lowest BCUT2D eigenvalue weighted by Crippen LogP contribution is -2.18. The molecule has 0 saturated carbocycles. The standard InChI is InChI=1S/C17H20BrN/c1-12(2)13-8-10-14(11-9-13)17(19-3)15-6-4-5-7-16(15)18/h4-12,17,19H,1-3H3. The van der Waals surface area contributed by atoms with Crippen LogP contribution in [-0.4, -0.2) is 7.05 Å². The SMILES string of the molecule is CNC(c1ccc(C(C)C)cc1)c1ccccc1Br. The van der Waals surface area contributed by atoms with E-state index < -0.39 is 0 Å². The summed E-state index contributed by atoms with van der Waals surface area (Å²) < 4.78 is 1.14. The Labute approximate surface area is 124 Å². The van der Waals surface area contributed by atoms with Crippen molar-refractivity contribution in [3.63, 3.8) is 0 Å². The molecule has 19 heavy (non-hydrogen) atoms. The van der Waals surface area contributed by atoms with Crippen molar-refractivity contribution in [2.75, 3.05) is 7.05 Å². The maximum absolute atomic E-state index is 3.63. The third-order valence-corrected chi connectivity index (χ3v) is 4.16. The van der Waals surface area contributed by atoms with Crippen LogP contribution in [0.1, 0.15) is 42.5 Å². The molecule has 1 nitrogen and oxygen atoms in total. The summed E-state index contributed by atoms with van der Waals surface area (Å²) in [5, 5.41) is 3.39. The number of hydrogen-bond acceptors (Lipinski definition) is 1. The maximum atomic E-state index is 3.63. The predicted molar refractivity (Wildman–Crippen MR) is 85.6 cm³/mol. The number of rotatable bonds is 4. The van der Waals surface area contributed by atoms with Gasteiger partial charge in [-0.05, 0) is 35.7 Å². The van der Waals surface area contributed by atoms with Crippen LogP contribution in [0.25, 0.3) is 0 Å². The predicted octanol–water partition coefficient (Wildman–Crippen LogP) is 4.88. The molecule has 0 aromatic heterocycles. The maximum Gasteiger partial charge on any atom is 0.0585 e. The van der Waals surface area contributed by atoms with E-state index in [2.05, 4.69) is 77.6 Å². The van der Waals surface area contributed by atoms with E-state index in [4.69, 9.17) is 0 Å². The molecule has 0 heterocycles. The fourth-order valence-electron chi connectivity index (χ4n) is 2.28. The van der Waals surface area contributed by atoms with Crippen molar-refractivity contribution >= 4 is 15.9 Å². The van der Waals surface area contributed by atoms with Crippen molar-refractivity contribution in [1.82, 2.24) is 5.32 Å². The van der Waals surface area contributed by atoms with E-state index in [9.17, 15) is 0 Å². The molecule has 1 atom stereocenters. The highest BCUT2D eigenvalue weighted by Crippen LogP contribution is 2.29. The lowest BCUT2D eigenvalue weighted by atomic mass is 9.95. The highest BCUT2D eigenvalue weighted by Gasteiger charge is 2.14. The van der Waals surface area contributed by atoms with Crippen LogP contribution in [0.4, 0.5) is 0 Å². The molecular formula is C17H20BrN. The average molecular weight is 318 g/mol. The first-order chi connectivity index (χ1) is 9.13. The van der Waals surface area contributed by atoms with Gasteiger partial charge < -0.3 is 5.32 Å². The van der Waals surface area contributed by atoms with Gasteiger partial charge in [0.25, 0.3) is 0 Å². The van der Waals surface area contributed by atoms with Crippen LogP contribution in [0.3, 0.4) is 0 Å².